The van der Waals surface area contributed by atoms with Crippen LogP contribution in [0.1, 0.15) is 5.56 Å². The standard InChI is InChI=1S/C16H11FN/c1-11-10-15(12-6-3-2-4-7-12)18-16-13(11)8-5-9-14(16)17/h2-8,10H,1H3. The van der Waals surface area contributed by atoms with E-state index >= 15 is 0 Å². The maximum absolute atomic E-state index is 13.7. The number of aromatic nitrogens is 1. The lowest BCUT2D eigenvalue weighted by Crippen LogP contribution is -1.91. The number of aryl methyl sites for hydroxylation is 1. The molecular weight excluding hydrogens is 225 g/mol. The van der Waals surface area contributed by atoms with Crippen molar-refractivity contribution in [3.63, 3.8) is 0 Å². The summed E-state index contributed by atoms with van der Waals surface area (Å²) < 4.78 is 13.7. The number of benzene rings is 2. The van der Waals surface area contributed by atoms with E-state index < -0.39 is 5.82 Å². The first-order chi connectivity index (χ1) is 8.75. The Balaban J connectivity index is 2.31. The first-order valence-electron chi connectivity index (χ1n) is 5.78. The average molecular weight is 236 g/mol. The smallest absolute Gasteiger partial charge is 0.157 e. The molecule has 1 radical (unpaired) electrons. The third kappa shape index (κ3) is 1.76. The number of fused-ring (bicyclic) bond motifs is 1. The van der Waals surface area contributed by atoms with E-state index in [4.69, 9.17) is 0 Å². The molecule has 0 saturated carbocycles. The van der Waals surface area contributed by atoms with Crippen LogP contribution >= 0.6 is 0 Å². The molecule has 0 aliphatic heterocycles. The van der Waals surface area contributed by atoms with Gasteiger partial charge in [0.15, 0.2) is 5.82 Å². The zero-order valence-electron chi connectivity index (χ0n) is 9.94. The highest BCUT2D eigenvalue weighted by molar-refractivity contribution is 5.85. The zero-order chi connectivity index (χ0) is 12.5. The predicted molar refractivity (Wildman–Crippen MR) is 70.7 cm³/mol. The number of halogens is 1. The maximum Gasteiger partial charge on any atom is 0.157 e. The summed E-state index contributed by atoms with van der Waals surface area (Å²) in [5.74, 6) is -0.395. The van der Waals surface area contributed by atoms with Crippen molar-refractivity contribution < 1.29 is 4.39 Å². The SMILES string of the molecule is Cc1cc(-c2ccccc2)nc2c(F)[c]ccc12. The van der Waals surface area contributed by atoms with Crippen molar-refractivity contribution in [2.75, 3.05) is 0 Å². The minimum atomic E-state index is -0.395. The van der Waals surface area contributed by atoms with Crippen LogP contribution in [0.2, 0.25) is 0 Å². The van der Waals surface area contributed by atoms with Crippen LogP contribution in [0.5, 0.6) is 0 Å². The second kappa shape index (κ2) is 4.22. The van der Waals surface area contributed by atoms with Gasteiger partial charge in [-0.25, -0.2) is 9.37 Å². The van der Waals surface area contributed by atoms with E-state index in [1.54, 1.807) is 6.07 Å². The number of hydrogen-bond acceptors (Lipinski definition) is 1. The molecule has 2 heteroatoms. The molecule has 3 rings (SSSR count). The van der Waals surface area contributed by atoms with E-state index in [9.17, 15) is 4.39 Å². The lowest BCUT2D eigenvalue weighted by atomic mass is 10.1. The van der Waals surface area contributed by atoms with Gasteiger partial charge >= 0.3 is 0 Å². The van der Waals surface area contributed by atoms with Gasteiger partial charge in [-0.3, -0.25) is 0 Å². The van der Waals surface area contributed by atoms with Crippen molar-refractivity contribution in [1.82, 2.24) is 4.98 Å². The van der Waals surface area contributed by atoms with Gasteiger partial charge in [0.1, 0.15) is 5.52 Å². The topological polar surface area (TPSA) is 12.9 Å². The van der Waals surface area contributed by atoms with E-state index in [1.165, 1.54) is 0 Å². The molecule has 0 fully saturated rings. The summed E-state index contributed by atoms with van der Waals surface area (Å²) in [6.45, 7) is 1.97. The second-order valence-electron chi connectivity index (χ2n) is 4.24. The molecule has 1 heterocycles. The zero-order valence-corrected chi connectivity index (χ0v) is 9.94. The van der Waals surface area contributed by atoms with Gasteiger partial charge in [0, 0.05) is 17.0 Å². The molecule has 0 aliphatic carbocycles. The highest BCUT2D eigenvalue weighted by atomic mass is 19.1. The number of nitrogens with zero attached hydrogens (tertiary/aromatic N) is 1. The molecule has 0 aliphatic rings. The van der Waals surface area contributed by atoms with E-state index in [0.717, 1.165) is 22.2 Å². The lowest BCUT2D eigenvalue weighted by molar-refractivity contribution is 0.634. The fourth-order valence-corrected chi connectivity index (χ4v) is 2.08. The molecule has 2 aromatic carbocycles. The normalized spacial score (nSPS) is 10.8. The van der Waals surface area contributed by atoms with Gasteiger partial charge in [-0.1, -0.05) is 42.5 Å². The summed E-state index contributed by atoms with van der Waals surface area (Å²) in [7, 11) is 0. The first-order valence-corrected chi connectivity index (χ1v) is 5.78. The monoisotopic (exact) mass is 236 g/mol. The van der Waals surface area contributed by atoms with Crippen LogP contribution in [0.15, 0.2) is 48.5 Å². The summed E-state index contributed by atoms with van der Waals surface area (Å²) in [5.41, 5.74) is 3.19. The van der Waals surface area contributed by atoms with Crippen molar-refractivity contribution in [3.05, 3.63) is 66.0 Å². The number of hydrogen-bond donors (Lipinski definition) is 0. The van der Waals surface area contributed by atoms with Crippen molar-refractivity contribution in [3.8, 4) is 11.3 Å². The molecule has 0 atom stereocenters. The highest BCUT2D eigenvalue weighted by Gasteiger charge is 2.08. The Hall–Kier alpha value is -2.22. The molecule has 1 aromatic heterocycles. The Kier molecular flexibility index (Phi) is 2.56. The molecule has 0 unspecified atom stereocenters. The molecule has 87 valence electrons. The van der Waals surface area contributed by atoms with Crippen molar-refractivity contribution in [2.24, 2.45) is 0 Å². The molecule has 0 spiro atoms. The van der Waals surface area contributed by atoms with Gasteiger partial charge in [-0.15, -0.1) is 0 Å². The maximum atomic E-state index is 13.7. The Labute approximate surface area is 105 Å². The van der Waals surface area contributed by atoms with Gasteiger partial charge in [0.25, 0.3) is 0 Å². The summed E-state index contributed by atoms with van der Waals surface area (Å²) >= 11 is 0. The van der Waals surface area contributed by atoms with Crippen LogP contribution in [0, 0.1) is 18.8 Å². The molecule has 0 bridgehead atoms. The molecule has 0 N–H and O–H groups in total. The Bertz CT molecular complexity index is 705. The van der Waals surface area contributed by atoms with Crippen molar-refractivity contribution in [1.29, 1.82) is 0 Å². The highest BCUT2D eigenvalue weighted by Crippen LogP contribution is 2.25. The molecular formula is C16H11FN. The summed E-state index contributed by atoms with van der Waals surface area (Å²) in [6.07, 6.45) is 0. The number of rotatable bonds is 1. The van der Waals surface area contributed by atoms with Gasteiger partial charge in [-0.05, 0) is 18.6 Å². The molecule has 18 heavy (non-hydrogen) atoms. The second-order valence-corrected chi connectivity index (χ2v) is 4.24. The van der Waals surface area contributed by atoms with Gasteiger partial charge in [0.2, 0.25) is 0 Å². The minimum absolute atomic E-state index is 0.386. The van der Waals surface area contributed by atoms with Crippen LogP contribution in [0.3, 0.4) is 0 Å². The molecule has 0 saturated heterocycles. The largest absolute Gasteiger partial charge is 0.245 e. The molecule has 0 amide bonds. The molecule has 3 aromatic rings. The fraction of sp³-hybridized carbons (Fsp3) is 0.0625. The quantitative estimate of drug-likeness (QED) is 0.618. The van der Waals surface area contributed by atoms with E-state index in [-0.39, 0.29) is 0 Å². The summed E-state index contributed by atoms with van der Waals surface area (Å²) in [6, 6.07) is 17.8. The first kappa shape index (κ1) is 10.9. The van der Waals surface area contributed by atoms with Crippen LogP contribution in [-0.4, -0.2) is 4.98 Å². The van der Waals surface area contributed by atoms with Crippen LogP contribution in [-0.2, 0) is 0 Å². The van der Waals surface area contributed by atoms with E-state index in [2.05, 4.69) is 11.1 Å². The van der Waals surface area contributed by atoms with Gasteiger partial charge < -0.3 is 0 Å². The third-order valence-corrected chi connectivity index (χ3v) is 3.00. The Morgan fingerprint density at radius 3 is 2.67 bits per heavy atom. The Morgan fingerprint density at radius 1 is 1.11 bits per heavy atom. The Morgan fingerprint density at radius 2 is 1.89 bits per heavy atom. The average Bonchev–Trinajstić information content (AvgIpc) is 2.41. The summed E-state index contributed by atoms with van der Waals surface area (Å²) in [5, 5.41) is 0.839. The minimum Gasteiger partial charge on any atom is -0.245 e. The third-order valence-electron chi connectivity index (χ3n) is 3.00. The number of pyridine rings is 1. The fourth-order valence-electron chi connectivity index (χ4n) is 2.08. The predicted octanol–water partition coefficient (Wildman–Crippen LogP) is 4.15. The lowest BCUT2D eigenvalue weighted by Gasteiger charge is -2.07. The van der Waals surface area contributed by atoms with Crippen molar-refractivity contribution in [2.45, 2.75) is 6.92 Å². The van der Waals surface area contributed by atoms with Crippen LogP contribution in [0.25, 0.3) is 22.2 Å². The molecule has 1 nitrogen and oxygen atoms in total. The summed E-state index contributed by atoms with van der Waals surface area (Å²) in [4.78, 5) is 4.40. The van der Waals surface area contributed by atoms with Crippen LogP contribution < -0.4 is 0 Å². The van der Waals surface area contributed by atoms with E-state index in [0.29, 0.717) is 5.52 Å². The van der Waals surface area contributed by atoms with Crippen molar-refractivity contribution >= 4 is 10.9 Å². The van der Waals surface area contributed by atoms with Gasteiger partial charge in [-0.2, -0.15) is 0 Å². The van der Waals surface area contributed by atoms with Gasteiger partial charge in [0.05, 0.1) is 5.69 Å². The van der Waals surface area contributed by atoms with E-state index in [1.807, 2.05) is 49.4 Å². The van der Waals surface area contributed by atoms with Crippen LogP contribution in [0.4, 0.5) is 4.39 Å².